The van der Waals surface area contributed by atoms with E-state index in [1.807, 2.05) is 0 Å². The number of carbonyl (C=O) groups is 2. The maximum absolute atomic E-state index is 13.6. The molecule has 3 aromatic rings. The molecule has 0 N–H and O–H groups in total. The molecule has 0 aliphatic carbocycles. The Morgan fingerprint density at radius 1 is 0.848 bits per heavy atom. The van der Waals surface area contributed by atoms with Gasteiger partial charge in [-0.15, -0.1) is 0 Å². The van der Waals surface area contributed by atoms with Crippen molar-refractivity contribution in [2.24, 2.45) is 0 Å². The van der Waals surface area contributed by atoms with Gasteiger partial charge in [0, 0.05) is 0 Å². The van der Waals surface area contributed by atoms with E-state index in [1.165, 1.54) is 0 Å². The van der Waals surface area contributed by atoms with Crippen LogP contribution in [0.4, 0.5) is 13.2 Å². The van der Waals surface area contributed by atoms with Crippen LogP contribution in [0.1, 0.15) is 35.3 Å². The molecule has 0 bridgehead atoms. The quantitative estimate of drug-likeness (QED) is 0.332. The molecule has 0 aromatic heterocycles. The van der Waals surface area contributed by atoms with Gasteiger partial charge in [-0.1, -0.05) is 48.5 Å². The van der Waals surface area contributed by atoms with Crippen LogP contribution in [-0.2, 0) is 21.3 Å². The van der Waals surface area contributed by atoms with E-state index in [9.17, 15) is 22.8 Å². The lowest BCUT2D eigenvalue weighted by Crippen LogP contribution is -2.27. The fourth-order valence-corrected chi connectivity index (χ4v) is 3.00. The molecule has 0 saturated carbocycles. The third-order valence-electron chi connectivity index (χ3n) is 4.65. The van der Waals surface area contributed by atoms with Crippen molar-refractivity contribution >= 4 is 11.9 Å². The van der Waals surface area contributed by atoms with Gasteiger partial charge in [-0.25, -0.2) is 9.59 Å². The zero-order chi connectivity index (χ0) is 24.1. The van der Waals surface area contributed by atoms with Crippen LogP contribution in [0.3, 0.4) is 0 Å². The van der Waals surface area contributed by atoms with Crippen molar-refractivity contribution in [1.29, 1.82) is 0 Å². The topological polar surface area (TPSA) is 61.8 Å². The number of rotatable bonds is 7. The van der Waals surface area contributed by atoms with E-state index in [-0.39, 0.29) is 11.3 Å². The monoisotopic (exact) mass is 458 g/mol. The maximum Gasteiger partial charge on any atom is 0.419 e. The van der Waals surface area contributed by atoms with Crippen molar-refractivity contribution in [3.8, 4) is 11.5 Å². The number of hydrogen-bond acceptors (Lipinski definition) is 5. The molecule has 3 aromatic carbocycles. The van der Waals surface area contributed by atoms with Gasteiger partial charge in [0.2, 0.25) is 0 Å². The highest BCUT2D eigenvalue weighted by atomic mass is 19.4. The number of esters is 2. The SMILES string of the molecule is CC(C)(Oc1cc(C(=O)OCC(=O)Oc2ccccc2)ccc1C(F)(F)F)c1ccccc1. The molecule has 172 valence electrons. The van der Waals surface area contributed by atoms with Crippen molar-refractivity contribution in [1.82, 2.24) is 0 Å². The van der Waals surface area contributed by atoms with Crippen molar-refractivity contribution in [2.75, 3.05) is 6.61 Å². The molecular formula is C25H21F3O5. The van der Waals surface area contributed by atoms with Gasteiger partial charge in [0.1, 0.15) is 17.1 Å². The van der Waals surface area contributed by atoms with E-state index in [2.05, 4.69) is 0 Å². The Bertz CT molecular complexity index is 1110. The first kappa shape index (κ1) is 23.8. The summed E-state index contributed by atoms with van der Waals surface area (Å²) >= 11 is 0. The summed E-state index contributed by atoms with van der Waals surface area (Å²) in [5, 5.41) is 0. The Balaban J connectivity index is 1.77. The second kappa shape index (κ2) is 9.77. The normalized spacial score (nSPS) is 11.5. The van der Waals surface area contributed by atoms with Crippen LogP contribution < -0.4 is 9.47 Å². The van der Waals surface area contributed by atoms with Crippen molar-refractivity contribution < 1.29 is 37.0 Å². The Morgan fingerprint density at radius 3 is 2.06 bits per heavy atom. The molecule has 33 heavy (non-hydrogen) atoms. The number of carbonyl (C=O) groups excluding carboxylic acids is 2. The Kier molecular flexibility index (Phi) is 7.06. The molecule has 0 aliphatic heterocycles. The average molecular weight is 458 g/mol. The van der Waals surface area contributed by atoms with Crippen molar-refractivity contribution in [3.63, 3.8) is 0 Å². The molecule has 0 spiro atoms. The number of halogens is 3. The van der Waals surface area contributed by atoms with Gasteiger partial charge in [0.25, 0.3) is 0 Å². The number of hydrogen-bond donors (Lipinski definition) is 0. The summed E-state index contributed by atoms with van der Waals surface area (Å²) in [7, 11) is 0. The van der Waals surface area contributed by atoms with Crippen LogP contribution in [0, 0.1) is 0 Å². The minimum Gasteiger partial charge on any atom is -0.483 e. The standard InChI is InChI=1S/C25H21F3O5/c1-24(2,18-9-5-3-6-10-18)33-21-15-17(13-14-20(21)25(26,27)28)23(30)31-16-22(29)32-19-11-7-4-8-12-19/h3-15H,16H2,1-2H3. The van der Waals surface area contributed by atoms with Crippen LogP contribution in [0.25, 0.3) is 0 Å². The molecule has 8 heteroatoms. The van der Waals surface area contributed by atoms with E-state index in [4.69, 9.17) is 14.2 Å². The molecule has 0 heterocycles. The van der Waals surface area contributed by atoms with Crippen molar-refractivity contribution in [2.45, 2.75) is 25.6 Å². The first-order chi connectivity index (χ1) is 15.6. The fourth-order valence-electron chi connectivity index (χ4n) is 3.00. The number of benzene rings is 3. The van der Waals surface area contributed by atoms with E-state index in [0.29, 0.717) is 5.56 Å². The molecular weight excluding hydrogens is 437 g/mol. The third-order valence-corrected chi connectivity index (χ3v) is 4.65. The highest BCUT2D eigenvalue weighted by Gasteiger charge is 2.37. The van der Waals surface area contributed by atoms with Crippen LogP contribution >= 0.6 is 0 Å². The minimum atomic E-state index is -4.70. The van der Waals surface area contributed by atoms with Gasteiger partial charge in [-0.3, -0.25) is 0 Å². The second-order valence-electron chi connectivity index (χ2n) is 7.55. The lowest BCUT2D eigenvalue weighted by atomic mass is 9.97. The predicted molar refractivity (Wildman–Crippen MR) is 114 cm³/mol. The van der Waals surface area contributed by atoms with Crippen molar-refractivity contribution in [3.05, 3.63) is 95.6 Å². The summed E-state index contributed by atoms with van der Waals surface area (Å²) in [6, 6.07) is 19.5. The molecule has 0 atom stereocenters. The molecule has 5 nitrogen and oxygen atoms in total. The van der Waals surface area contributed by atoms with Crippen LogP contribution in [0.15, 0.2) is 78.9 Å². The summed E-state index contributed by atoms with van der Waals surface area (Å²) in [5.41, 5.74) is -1.71. The van der Waals surface area contributed by atoms with Crippen LogP contribution in [0.5, 0.6) is 11.5 Å². The smallest absolute Gasteiger partial charge is 0.419 e. The van der Waals surface area contributed by atoms with Gasteiger partial charge < -0.3 is 14.2 Å². The first-order valence-electron chi connectivity index (χ1n) is 9.95. The summed E-state index contributed by atoms with van der Waals surface area (Å²) in [5.74, 6) is -2.08. The van der Waals surface area contributed by atoms with Gasteiger partial charge in [0.05, 0.1) is 11.1 Å². The number of para-hydroxylation sites is 1. The minimum absolute atomic E-state index is 0.200. The Morgan fingerprint density at radius 2 is 1.45 bits per heavy atom. The van der Waals surface area contributed by atoms with E-state index < -0.39 is 41.6 Å². The first-order valence-corrected chi connectivity index (χ1v) is 9.95. The highest BCUT2D eigenvalue weighted by Crippen LogP contribution is 2.39. The van der Waals surface area contributed by atoms with Gasteiger partial charge in [-0.05, 0) is 49.7 Å². The zero-order valence-electron chi connectivity index (χ0n) is 17.9. The molecule has 3 rings (SSSR count). The number of alkyl halides is 3. The second-order valence-corrected chi connectivity index (χ2v) is 7.55. The van der Waals surface area contributed by atoms with E-state index in [0.717, 1.165) is 18.2 Å². The third kappa shape index (κ3) is 6.35. The Labute approximate surface area is 188 Å². The maximum atomic E-state index is 13.6. The van der Waals surface area contributed by atoms with E-state index >= 15 is 0 Å². The van der Waals surface area contributed by atoms with Gasteiger partial charge >= 0.3 is 18.1 Å². The largest absolute Gasteiger partial charge is 0.483 e. The molecule has 0 amide bonds. The highest BCUT2D eigenvalue weighted by molar-refractivity contribution is 5.91. The van der Waals surface area contributed by atoms with E-state index in [1.54, 1.807) is 74.5 Å². The average Bonchev–Trinajstić information content (AvgIpc) is 2.77. The molecule has 0 unspecified atom stereocenters. The molecule has 0 radical (unpaired) electrons. The fraction of sp³-hybridized carbons (Fsp3) is 0.200. The number of ether oxygens (including phenoxy) is 3. The van der Waals surface area contributed by atoms with Gasteiger partial charge in [-0.2, -0.15) is 13.2 Å². The summed E-state index contributed by atoms with van der Waals surface area (Å²) in [6.07, 6.45) is -4.70. The predicted octanol–water partition coefficient (Wildman–Crippen LogP) is 5.78. The molecule has 0 saturated heterocycles. The summed E-state index contributed by atoms with van der Waals surface area (Å²) < 4.78 is 56.3. The summed E-state index contributed by atoms with van der Waals surface area (Å²) in [4.78, 5) is 24.3. The molecule has 0 fully saturated rings. The van der Waals surface area contributed by atoms with Crippen LogP contribution in [0.2, 0.25) is 0 Å². The zero-order valence-corrected chi connectivity index (χ0v) is 17.9. The molecule has 0 aliphatic rings. The summed E-state index contributed by atoms with van der Waals surface area (Å²) in [6.45, 7) is 2.53. The van der Waals surface area contributed by atoms with Crippen LogP contribution in [-0.4, -0.2) is 18.5 Å². The lowest BCUT2D eigenvalue weighted by molar-refractivity contribution is -0.140. The Hall–Kier alpha value is -3.81. The van der Waals surface area contributed by atoms with Gasteiger partial charge in [0.15, 0.2) is 6.61 Å². The lowest BCUT2D eigenvalue weighted by Gasteiger charge is -2.29.